The third-order valence-electron chi connectivity index (χ3n) is 4.91. The maximum absolute atomic E-state index is 12.4. The normalized spacial score (nSPS) is 14.0. The molecule has 0 spiro atoms. The van der Waals surface area contributed by atoms with Crippen LogP contribution in [-0.2, 0) is 21.1 Å². The van der Waals surface area contributed by atoms with E-state index in [0.717, 1.165) is 5.69 Å². The van der Waals surface area contributed by atoms with Gasteiger partial charge in [0, 0.05) is 10.9 Å². The summed E-state index contributed by atoms with van der Waals surface area (Å²) < 4.78 is 51.1. The molecule has 0 aliphatic heterocycles. The van der Waals surface area contributed by atoms with Crippen LogP contribution in [0.3, 0.4) is 0 Å². The minimum absolute atomic E-state index is 0.152. The van der Waals surface area contributed by atoms with E-state index in [9.17, 15) is 17.2 Å². The number of rotatable bonds is 8. The lowest BCUT2D eigenvalue weighted by atomic mass is 10.3. The maximum atomic E-state index is 12.4. The molecule has 2 unspecified atom stereocenters. The molecule has 0 saturated carbocycles. The van der Waals surface area contributed by atoms with Crippen LogP contribution in [0.25, 0.3) is 5.69 Å². The summed E-state index contributed by atoms with van der Waals surface area (Å²) in [6.45, 7) is 7.36. The molecule has 3 rings (SSSR count). The molecule has 0 bridgehead atoms. The molecule has 170 valence electrons. The first-order chi connectivity index (χ1) is 15.1. The van der Waals surface area contributed by atoms with E-state index in [1.165, 1.54) is 24.3 Å². The molecule has 11 heteroatoms. The van der Waals surface area contributed by atoms with Crippen molar-refractivity contribution in [1.82, 2.24) is 14.5 Å². The van der Waals surface area contributed by atoms with Gasteiger partial charge in [0.2, 0.25) is 10.0 Å². The molecule has 1 heterocycles. The molecule has 0 fully saturated rings. The summed E-state index contributed by atoms with van der Waals surface area (Å²) in [5.41, 5.74) is 3.17. The van der Waals surface area contributed by atoms with Crippen LogP contribution in [0.5, 0.6) is 0 Å². The Labute approximate surface area is 189 Å². The van der Waals surface area contributed by atoms with Crippen molar-refractivity contribution in [3.05, 3.63) is 59.9 Å². The molecule has 32 heavy (non-hydrogen) atoms. The topological polar surface area (TPSA) is 129 Å². The van der Waals surface area contributed by atoms with Crippen molar-refractivity contribution >= 4 is 32.5 Å². The summed E-state index contributed by atoms with van der Waals surface area (Å²) in [4.78, 5) is 0.361. The molecule has 0 saturated heterocycles. The number of azo groups is 1. The van der Waals surface area contributed by atoms with Crippen molar-refractivity contribution in [3.8, 4) is 5.69 Å². The summed E-state index contributed by atoms with van der Waals surface area (Å²) >= 11 is -2.29. The minimum Gasteiger partial charge on any atom is -0.768 e. The Morgan fingerprint density at radius 3 is 2.28 bits per heavy atom. The number of aryl methyl sites for hydroxylation is 1. The van der Waals surface area contributed by atoms with Gasteiger partial charge < -0.3 is 4.55 Å². The smallest absolute Gasteiger partial charge is 0.240 e. The van der Waals surface area contributed by atoms with Crippen molar-refractivity contribution in [3.63, 3.8) is 0 Å². The Kier molecular flexibility index (Phi) is 7.34. The summed E-state index contributed by atoms with van der Waals surface area (Å²) in [7, 11) is -3.58. The number of aromatic nitrogens is 2. The van der Waals surface area contributed by atoms with Crippen molar-refractivity contribution in [1.29, 1.82) is 0 Å². The molecule has 0 aliphatic rings. The zero-order chi connectivity index (χ0) is 23.5. The SMILES string of the molecule is CCC(C)NS(=O)(=O)c1ccc(N=Nc2c(C)nn(-c3ccc(S(=O)[O-])cc3)c2C)cc1. The van der Waals surface area contributed by atoms with E-state index < -0.39 is 21.1 Å². The highest BCUT2D eigenvalue weighted by Crippen LogP contribution is 2.28. The van der Waals surface area contributed by atoms with Gasteiger partial charge in [-0.2, -0.15) is 10.2 Å². The zero-order valence-electron chi connectivity index (χ0n) is 18.1. The zero-order valence-corrected chi connectivity index (χ0v) is 19.8. The molecule has 0 radical (unpaired) electrons. The number of hydrogen-bond acceptors (Lipinski definition) is 7. The third kappa shape index (κ3) is 5.36. The van der Waals surface area contributed by atoms with Gasteiger partial charge in [-0.25, -0.2) is 17.8 Å². The summed E-state index contributed by atoms with van der Waals surface area (Å²) in [5.74, 6) is 0. The van der Waals surface area contributed by atoms with Crippen molar-refractivity contribution in [2.45, 2.75) is 49.9 Å². The predicted molar refractivity (Wildman–Crippen MR) is 121 cm³/mol. The van der Waals surface area contributed by atoms with Gasteiger partial charge in [-0.05, 0) is 86.8 Å². The largest absolute Gasteiger partial charge is 0.768 e. The van der Waals surface area contributed by atoms with E-state index in [-0.39, 0.29) is 15.8 Å². The second-order valence-corrected chi connectivity index (χ2v) is 9.94. The van der Waals surface area contributed by atoms with Crippen molar-refractivity contribution < 1.29 is 17.2 Å². The predicted octanol–water partition coefficient (Wildman–Crippen LogP) is 4.22. The number of nitrogens with zero attached hydrogens (tertiary/aromatic N) is 4. The first kappa shape index (κ1) is 23.9. The lowest BCUT2D eigenvalue weighted by molar-refractivity contribution is 0.537. The Bertz CT molecular complexity index is 1250. The standard InChI is InChI=1S/C21H25N5O4S2/c1-5-14(2)25-32(29,30)20-12-6-17(7-13-20)22-23-21-15(3)24-26(16(21)4)18-8-10-19(11-9-18)31(27)28/h6-14,25H,5H2,1-4H3,(H,27,28)/p-1. The van der Waals surface area contributed by atoms with Gasteiger partial charge in [-0.1, -0.05) is 6.92 Å². The lowest BCUT2D eigenvalue weighted by Crippen LogP contribution is -2.31. The van der Waals surface area contributed by atoms with E-state index in [1.807, 2.05) is 20.8 Å². The molecular formula is C21H24N5O4S2-. The molecule has 9 nitrogen and oxygen atoms in total. The van der Waals surface area contributed by atoms with Crippen LogP contribution >= 0.6 is 0 Å². The molecule has 2 aromatic carbocycles. The van der Waals surface area contributed by atoms with E-state index >= 15 is 0 Å². The summed E-state index contributed by atoms with van der Waals surface area (Å²) in [6, 6.07) is 12.3. The number of sulfonamides is 1. The molecule has 0 aliphatic carbocycles. The molecule has 1 aromatic heterocycles. The van der Waals surface area contributed by atoms with Gasteiger partial charge in [0.1, 0.15) is 5.69 Å². The van der Waals surface area contributed by atoms with Crippen molar-refractivity contribution in [2.24, 2.45) is 10.2 Å². The summed E-state index contributed by atoms with van der Waals surface area (Å²) in [6.07, 6.45) is 0.695. The average molecular weight is 475 g/mol. The van der Waals surface area contributed by atoms with Crippen LogP contribution < -0.4 is 4.72 Å². The number of hydrogen-bond donors (Lipinski definition) is 1. The molecule has 0 amide bonds. The number of nitrogens with one attached hydrogen (secondary N) is 1. The van der Waals surface area contributed by atoms with E-state index in [0.29, 0.717) is 29.2 Å². The van der Waals surface area contributed by atoms with E-state index in [1.54, 1.807) is 35.9 Å². The molecule has 2 atom stereocenters. The highest BCUT2D eigenvalue weighted by molar-refractivity contribution is 7.89. The van der Waals surface area contributed by atoms with Crippen LogP contribution in [0.1, 0.15) is 31.7 Å². The Balaban J connectivity index is 1.82. The summed E-state index contributed by atoms with van der Waals surface area (Å²) in [5, 5.41) is 13.0. The molecular weight excluding hydrogens is 450 g/mol. The molecule has 3 aromatic rings. The highest BCUT2D eigenvalue weighted by Gasteiger charge is 2.16. The van der Waals surface area contributed by atoms with Crippen LogP contribution in [0, 0.1) is 13.8 Å². The average Bonchev–Trinajstić information content (AvgIpc) is 3.05. The number of benzene rings is 2. The van der Waals surface area contributed by atoms with Gasteiger partial charge in [-0.3, -0.25) is 4.21 Å². The second-order valence-electron chi connectivity index (χ2n) is 7.28. The van der Waals surface area contributed by atoms with Crippen molar-refractivity contribution in [2.75, 3.05) is 0 Å². The first-order valence-electron chi connectivity index (χ1n) is 9.92. The van der Waals surface area contributed by atoms with Crippen LogP contribution in [0.15, 0.2) is 68.6 Å². The third-order valence-corrected chi connectivity index (χ3v) is 7.17. The second kappa shape index (κ2) is 9.82. The minimum atomic E-state index is -3.58. The van der Waals surface area contributed by atoms with Crippen LogP contribution in [0.4, 0.5) is 11.4 Å². The quantitative estimate of drug-likeness (QED) is 0.386. The van der Waals surface area contributed by atoms with Gasteiger partial charge >= 0.3 is 0 Å². The van der Waals surface area contributed by atoms with Gasteiger partial charge in [0.25, 0.3) is 0 Å². The van der Waals surface area contributed by atoms with E-state index in [2.05, 4.69) is 20.0 Å². The lowest BCUT2D eigenvalue weighted by Gasteiger charge is -2.11. The molecule has 1 N–H and O–H groups in total. The van der Waals surface area contributed by atoms with Crippen LogP contribution in [-0.4, -0.2) is 33.0 Å². The fourth-order valence-electron chi connectivity index (χ4n) is 2.94. The maximum Gasteiger partial charge on any atom is 0.240 e. The van der Waals surface area contributed by atoms with Gasteiger partial charge in [-0.15, -0.1) is 5.11 Å². The Morgan fingerprint density at radius 2 is 1.72 bits per heavy atom. The van der Waals surface area contributed by atoms with Gasteiger partial charge in [0.15, 0.2) is 0 Å². The Hall–Kier alpha value is -2.73. The van der Waals surface area contributed by atoms with E-state index in [4.69, 9.17) is 0 Å². The fraction of sp³-hybridized carbons (Fsp3) is 0.286. The Morgan fingerprint density at radius 1 is 1.09 bits per heavy atom. The fourth-order valence-corrected chi connectivity index (χ4v) is 4.63. The van der Waals surface area contributed by atoms with Crippen LogP contribution in [0.2, 0.25) is 0 Å². The highest BCUT2D eigenvalue weighted by atomic mass is 32.2. The monoisotopic (exact) mass is 474 g/mol. The van der Waals surface area contributed by atoms with Gasteiger partial charge in [0.05, 0.1) is 27.7 Å². The first-order valence-corrected chi connectivity index (χ1v) is 12.5.